The molecule has 12 heteroatoms. The number of rotatable bonds is 5. The van der Waals surface area contributed by atoms with Crippen LogP contribution in [0.2, 0.25) is 0 Å². The van der Waals surface area contributed by atoms with Crippen molar-refractivity contribution in [3.05, 3.63) is 0 Å². The second kappa shape index (κ2) is 6.51. The molecule has 0 aliphatic carbocycles. The van der Waals surface area contributed by atoms with Gasteiger partial charge in [0.1, 0.15) is 5.60 Å². The summed E-state index contributed by atoms with van der Waals surface area (Å²) in [7, 11) is 0. The van der Waals surface area contributed by atoms with Gasteiger partial charge < -0.3 is 9.84 Å². The average Bonchev–Trinajstić information content (AvgIpc) is 2.32. The van der Waals surface area contributed by atoms with Crippen LogP contribution in [0.25, 0.3) is 0 Å². The third-order valence-electron chi connectivity index (χ3n) is 3.77. The lowest BCUT2D eigenvalue weighted by Gasteiger charge is -2.39. The molecule has 0 bridgehead atoms. The SMILES string of the molecule is CCC(C)(C(=O)OC(C)(C)CC(O)(C(F)(F)F)C(F)(F)F)C(F)(F)F. The quantitative estimate of drug-likeness (QED) is 0.552. The van der Waals surface area contributed by atoms with Gasteiger partial charge in [-0.15, -0.1) is 0 Å². The number of alkyl halides is 9. The molecule has 3 nitrogen and oxygen atoms in total. The molecule has 0 amide bonds. The van der Waals surface area contributed by atoms with E-state index in [1.165, 1.54) is 0 Å². The Morgan fingerprint density at radius 1 is 0.840 bits per heavy atom. The van der Waals surface area contributed by atoms with Gasteiger partial charge in [-0.25, -0.2) is 0 Å². The van der Waals surface area contributed by atoms with Crippen LogP contribution in [0.15, 0.2) is 0 Å². The highest BCUT2D eigenvalue weighted by Crippen LogP contribution is 2.49. The molecule has 0 aromatic carbocycles. The number of hydrogen-bond donors (Lipinski definition) is 1. The number of ether oxygens (including phenoxy) is 1. The topological polar surface area (TPSA) is 46.5 Å². The number of carbonyl (C=O) groups is 1. The molecule has 0 aromatic heterocycles. The fourth-order valence-corrected chi connectivity index (χ4v) is 1.84. The zero-order valence-corrected chi connectivity index (χ0v) is 13.6. The largest absolute Gasteiger partial charge is 0.459 e. The molecule has 25 heavy (non-hydrogen) atoms. The standard InChI is InChI=1S/C13H17F9O3/c1-5-9(4,11(14,15)16)7(23)25-8(2,3)6-10(24,12(17,18)19)13(20,21)22/h24H,5-6H2,1-4H3. The first-order chi connectivity index (χ1) is 10.6. The van der Waals surface area contributed by atoms with Crippen molar-refractivity contribution in [1.82, 2.24) is 0 Å². The summed E-state index contributed by atoms with van der Waals surface area (Å²) in [5, 5.41) is 9.09. The van der Waals surface area contributed by atoms with Gasteiger partial charge in [0.15, 0.2) is 5.41 Å². The van der Waals surface area contributed by atoms with Crippen molar-refractivity contribution in [2.45, 2.75) is 70.3 Å². The third-order valence-corrected chi connectivity index (χ3v) is 3.77. The first-order valence-corrected chi connectivity index (χ1v) is 6.80. The Morgan fingerprint density at radius 3 is 1.44 bits per heavy atom. The zero-order chi connectivity index (χ0) is 20.7. The van der Waals surface area contributed by atoms with Crippen molar-refractivity contribution in [2.24, 2.45) is 5.41 Å². The minimum absolute atomic E-state index is 0.408. The van der Waals surface area contributed by atoms with E-state index in [-0.39, 0.29) is 0 Å². The molecule has 150 valence electrons. The predicted octanol–water partition coefficient (Wildman–Crippen LogP) is 4.53. The molecule has 0 rings (SSSR count). The van der Waals surface area contributed by atoms with Gasteiger partial charge in [-0.05, 0) is 27.2 Å². The number of hydrogen-bond acceptors (Lipinski definition) is 3. The molecule has 0 saturated carbocycles. The maximum Gasteiger partial charge on any atom is 0.426 e. The minimum atomic E-state index is -6.19. The van der Waals surface area contributed by atoms with E-state index in [9.17, 15) is 44.3 Å². The highest BCUT2D eigenvalue weighted by molar-refractivity contribution is 5.77. The molecule has 0 fully saturated rings. The van der Waals surface area contributed by atoms with Gasteiger partial charge in [0.25, 0.3) is 5.60 Å². The smallest absolute Gasteiger partial charge is 0.426 e. The summed E-state index contributed by atoms with van der Waals surface area (Å²) in [6.07, 6.45) is -20.6. The first-order valence-electron chi connectivity index (χ1n) is 6.80. The lowest BCUT2D eigenvalue weighted by atomic mass is 9.85. The number of halogens is 9. The monoisotopic (exact) mass is 392 g/mol. The number of aliphatic hydroxyl groups is 1. The van der Waals surface area contributed by atoms with Crippen LogP contribution in [-0.2, 0) is 9.53 Å². The Morgan fingerprint density at radius 2 is 1.20 bits per heavy atom. The Hall–Kier alpha value is -1.20. The summed E-state index contributed by atoms with van der Waals surface area (Å²) in [6, 6.07) is 0. The first kappa shape index (κ1) is 23.8. The summed E-state index contributed by atoms with van der Waals surface area (Å²) < 4.78 is 119. The van der Waals surface area contributed by atoms with Gasteiger partial charge in [-0.1, -0.05) is 6.92 Å². The van der Waals surface area contributed by atoms with Crippen molar-refractivity contribution in [2.75, 3.05) is 0 Å². The van der Waals surface area contributed by atoms with Gasteiger partial charge >= 0.3 is 24.5 Å². The normalized spacial score (nSPS) is 17.2. The Kier molecular flexibility index (Phi) is 6.20. The molecule has 1 atom stereocenters. The van der Waals surface area contributed by atoms with Gasteiger partial charge in [0.2, 0.25) is 0 Å². The Bertz CT molecular complexity index is 476. The van der Waals surface area contributed by atoms with Gasteiger partial charge in [0.05, 0.1) is 0 Å². The summed E-state index contributed by atoms with van der Waals surface area (Å²) in [5.41, 5.74) is -11.1. The zero-order valence-electron chi connectivity index (χ0n) is 13.6. The molecular formula is C13H17F9O3. The number of carbonyl (C=O) groups excluding carboxylic acids is 1. The van der Waals surface area contributed by atoms with E-state index in [0.717, 1.165) is 6.92 Å². The van der Waals surface area contributed by atoms with Crippen LogP contribution in [0.4, 0.5) is 39.5 Å². The molecule has 0 spiro atoms. The van der Waals surface area contributed by atoms with E-state index >= 15 is 0 Å². The van der Waals surface area contributed by atoms with Crippen LogP contribution < -0.4 is 0 Å². The van der Waals surface area contributed by atoms with E-state index < -0.39 is 54.0 Å². The fourth-order valence-electron chi connectivity index (χ4n) is 1.84. The average molecular weight is 392 g/mol. The molecule has 0 saturated heterocycles. The lowest BCUT2D eigenvalue weighted by Crippen LogP contribution is -2.60. The highest BCUT2D eigenvalue weighted by atomic mass is 19.4. The van der Waals surface area contributed by atoms with Crippen LogP contribution in [0, 0.1) is 5.41 Å². The number of esters is 1. The summed E-state index contributed by atoms with van der Waals surface area (Å²) in [4.78, 5) is 11.8. The molecule has 0 radical (unpaired) electrons. The van der Waals surface area contributed by atoms with Crippen LogP contribution >= 0.6 is 0 Å². The van der Waals surface area contributed by atoms with Gasteiger partial charge in [-0.3, -0.25) is 4.79 Å². The molecule has 0 aromatic rings. The molecular weight excluding hydrogens is 375 g/mol. The second-order valence-electron chi connectivity index (χ2n) is 6.37. The van der Waals surface area contributed by atoms with Crippen molar-refractivity contribution in [3.63, 3.8) is 0 Å². The Labute approximate surface area is 137 Å². The highest BCUT2D eigenvalue weighted by Gasteiger charge is 2.72. The molecule has 0 aliphatic heterocycles. The van der Waals surface area contributed by atoms with Crippen LogP contribution in [0.5, 0.6) is 0 Å². The van der Waals surface area contributed by atoms with Gasteiger partial charge in [-0.2, -0.15) is 39.5 Å². The van der Waals surface area contributed by atoms with E-state index in [0.29, 0.717) is 20.8 Å². The maximum atomic E-state index is 12.9. The summed E-state index contributed by atoms with van der Waals surface area (Å²) in [5.74, 6) is -2.04. The fraction of sp³-hybridized carbons (Fsp3) is 0.923. The van der Waals surface area contributed by atoms with Crippen molar-refractivity contribution >= 4 is 5.97 Å². The maximum absolute atomic E-state index is 12.9. The third kappa shape index (κ3) is 4.70. The van der Waals surface area contributed by atoms with Crippen molar-refractivity contribution in [3.8, 4) is 0 Å². The lowest BCUT2D eigenvalue weighted by molar-refractivity contribution is -0.377. The molecule has 0 heterocycles. The van der Waals surface area contributed by atoms with E-state index in [1.54, 1.807) is 0 Å². The van der Waals surface area contributed by atoms with E-state index in [1.807, 2.05) is 0 Å². The van der Waals surface area contributed by atoms with Crippen LogP contribution in [0.3, 0.4) is 0 Å². The van der Waals surface area contributed by atoms with Crippen LogP contribution in [0.1, 0.15) is 40.5 Å². The van der Waals surface area contributed by atoms with Crippen molar-refractivity contribution < 1.29 is 54.2 Å². The van der Waals surface area contributed by atoms with Crippen molar-refractivity contribution in [1.29, 1.82) is 0 Å². The van der Waals surface area contributed by atoms with E-state index in [4.69, 9.17) is 5.11 Å². The summed E-state index contributed by atoms with van der Waals surface area (Å²) in [6.45, 7) is 2.44. The van der Waals surface area contributed by atoms with Gasteiger partial charge in [0, 0.05) is 6.42 Å². The Balaban J connectivity index is 5.70. The second-order valence-corrected chi connectivity index (χ2v) is 6.37. The van der Waals surface area contributed by atoms with Crippen LogP contribution in [-0.4, -0.2) is 40.8 Å². The minimum Gasteiger partial charge on any atom is -0.459 e. The molecule has 1 N–H and O–H groups in total. The molecule has 1 unspecified atom stereocenters. The summed E-state index contributed by atoms with van der Waals surface area (Å²) >= 11 is 0. The van der Waals surface area contributed by atoms with E-state index in [2.05, 4.69) is 4.74 Å². The molecule has 0 aliphatic rings. The predicted molar refractivity (Wildman–Crippen MR) is 66.3 cm³/mol.